The molecule has 0 bridgehead atoms. The van der Waals surface area contributed by atoms with Gasteiger partial charge in [-0.15, -0.1) is 0 Å². The number of hydrogen-bond donors (Lipinski definition) is 2. The molecule has 0 aliphatic carbocycles. The molecule has 0 spiro atoms. The van der Waals surface area contributed by atoms with E-state index in [0.717, 1.165) is 0 Å². The fourth-order valence-corrected chi connectivity index (χ4v) is 0.434. The summed E-state index contributed by atoms with van der Waals surface area (Å²) in [5.74, 6) is 0. The minimum atomic E-state index is -0.117. The third kappa shape index (κ3) is 1.27. The maximum Gasteiger partial charge on any atom is 0.0974 e. The lowest BCUT2D eigenvalue weighted by molar-refractivity contribution is 0.0381. The Labute approximate surface area is 42.1 Å². The molecule has 0 saturated carbocycles. The van der Waals surface area contributed by atoms with Gasteiger partial charge in [-0.05, 0) is 0 Å². The van der Waals surface area contributed by atoms with E-state index >= 15 is 0 Å². The molecule has 1 unspecified atom stereocenters. The first-order valence-electron chi connectivity index (χ1n) is 2.19. The zero-order valence-corrected chi connectivity index (χ0v) is 3.92. The van der Waals surface area contributed by atoms with E-state index in [4.69, 9.17) is 10.6 Å². The van der Waals surface area contributed by atoms with E-state index < -0.39 is 0 Å². The minimum absolute atomic E-state index is 0.117. The van der Waals surface area contributed by atoms with Gasteiger partial charge in [-0.1, -0.05) is 12.2 Å². The van der Waals surface area contributed by atoms with E-state index in [1.165, 1.54) is 0 Å². The molecular formula is C4H8N2O. The third-order valence-corrected chi connectivity index (χ3v) is 0.742. The fourth-order valence-electron chi connectivity index (χ4n) is 0.434. The first kappa shape index (κ1) is 4.77. The maximum absolute atomic E-state index is 5.31. The van der Waals surface area contributed by atoms with Crippen LogP contribution in [0.1, 0.15) is 0 Å². The van der Waals surface area contributed by atoms with Crippen molar-refractivity contribution >= 4 is 0 Å². The van der Waals surface area contributed by atoms with Crippen LogP contribution in [0, 0.1) is 0 Å². The first-order valence-corrected chi connectivity index (χ1v) is 2.19. The summed E-state index contributed by atoms with van der Waals surface area (Å²) in [4.78, 5) is 4.72. The molecule has 3 heteroatoms. The average molecular weight is 100 g/mol. The molecular weight excluding hydrogens is 92.1 g/mol. The van der Waals surface area contributed by atoms with Crippen LogP contribution in [0.25, 0.3) is 0 Å². The standard InChI is InChI=1S/C4H8N2O/c5-4-2-1-3-7-6-4/h1-2,4,6H,3,5H2. The van der Waals surface area contributed by atoms with E-state index in [9.17, 15) is 0 Å². The summed E-state index contributed by atoms with van der Waals surface area (Å²) >= 11 is 0. The Kier molecular flexibility index (Phi) is 1.41. The van der Waals surface area contributed by atoms with Crippen molar-refractivity contribution in [3.05, 3.63) is 12.2 Å². The Morgan fingerprint density at radius 2 is 2.71 bits per heavy atom. The second-order valence-electron chi connectivity index (χ2n) is 1.38. The molecule has 0 radical (unpaired) electrons. The third-order valence-electron chi connectivity index (χ3n) is 0.742. The smallest absolute Gasteiger partial charge is 0.0974 e. The van der Waals surface area contributed by atoms with Crippen molar-refractivity contribution in [3.8, 4) is 0 Å². The van der Waals surface area contributed by atoms with Crippen molar-refractivity contribution in [1.82, 2.24) is 5.48 Å². The van der Waals surface area contributed by atoms with Crippen LogP contribution in [0.2, 0.25) is 0 Å². The van der Waals surface area contributed by atoms with Gasteiger partial charge in [0.15, 0.2) is 0 Å². The summed E-state index contributed by atoms with van der Waals surface area (Å²) < 4.78 is 0. The lowest BCUT2D eigenvalue weighted by atomic mass is 10.4. The van der Waals surface area contributed by atoms with Crippen LogP contribution < -0.4 is 11.2 Å². The number of nitrogens with two attached hydrogens (primary N) is 1. The van der Waals surface area contributed by atoms with Crippen molar-refractivity contribution in [2.24, 2.45) is 5.73 Å². The largest absolute Gasteiger partial charge is 0.311 e. The van der Waals surface area contributed by atoms with Crippen molar-refractivity contribution in [2.75, 3.05) is 6.61 Å². The van der Waals surface area contributed by atoms with Gasteiger partial charge < -0.3 is 5.73 Å². The SMILES string of the molecule is NC1C=CCON1. The predicted octanol–water partition coefficient (Wildman–Crippen LogP) is -0.638. The Morgan fingerprint density at radius 1 is 1.86 bits per heavy atom. The lowest BCUT2D eigenvalue weighted by Crippen LogP contribution is -2.37. The van der Waals surface area contributed by atoms with Crippen LogP contribution in [-0.4, -0.2) is 12.8 Å². The van der Waals surface area contributed by atoms with E-state index in [-0.39, 0.29) is 6.17 Å². The molecule has 0 aromatic heterocycles. The molecule has 0 fully saturated rings. The Hall–Kier alpha value is -0.380. The van der Waals surface area contributed by atoms with Gasteiger partial charge in [0.25, 0.3) is 0 Å². The molecule has 1 aliphatic heterocycles. The molecule has 1 heterocycles. The topological polar surface area (TPSA) is 47.3 Å². The van der Waals surface area contributed by atoms with Crippen LogP contribution in [-0.2, 0) is 4.84 Å². The number of nitrogens with one attached hydrogen (secondary N) is 1. The molecule has 1 aliphatic rings. The predicted molar refractivity (Wildman–Crippen MR) is 26.2 cm³/mol. The summed E-state index contributed by atoms with van der Waals surface area (Å²) in [6.07, 6.45) is 3.61. The quantitative estimate of drug-likeness (QED) is 0.398. The maximum atomic E-state index is 5.31. The van der Waals surface area contributed by atoms with Crippen LogP contribution in [0.3, 0.4) is 0 Å². The van der Waals surface area contributed by atoms with E-state index in [1.807, 2.05) is 12.2 Å². The first-order chi connectivity index (χ1) is 3.39. The van der Waals surface area contributed by atoms with Crippen LogP contribution >= 0.6 is 0 Å². The van der Waals surface area contributed by atoms with Gasteiger partial charge in [-0.3, -0.25) is 4.84 Å². The molecule has 7 heavy (non-hydrogen) atoms. The zero-order valence-electron chi connectivity index (χ0n) is 3.92. The second kappa shape index (κ2) is 2.07. The molecule has 0 saturated heterocycles. The van der Waals surface area contributed by atoms with Crippen LogP contribution in [0.4, 0.5) is 0 Å². The highest BCUT2D eigenvalue weighted by Gasteiger charge is 1.97. The van der Waals surface area contributed by atoms with Crippen LogP contribution in [0.5, 0.6) is 0 Å². The molecule has 0 amide bonds. The normalized spacial score (nSPS) is 30.7. The average Bonchev–Trinajstić information content (AvgIpc) is 1.69. The van der Waals surface area contributed by atoms with Crippen LogP contribution in [0.15, 0.2) is 12.2 Å². The Balaban J connectivity index is 2.36. The van der Waals surface area contributed by atoms with Crippen molar-refractivity contribution < 1.29 is 4.84 Å². The molecule has 0 aromatic carbocycles. The Bertz CT molecular complexity index is 81.8. The molecule has 3 N–H and O–H groups in total. The highest BCUT2D eigenvalue weighted by atomic mass is 16.6. The van der Waals surface area contributed by atoms with Gasteiger partial charge in [0.05, 0.1) is 12.8 Å². The summed E-state index contributed by atoms with van der Waals surface area (Å²) in [6.45, 7) is 0.619. The minimum Gasteiger partial charge on any atom is -0.311 e. The molecule has 40 valence electrons. The molecule has 3 nitrogen and oxygen atoms in total. The summed E-state index contributed by atoms with van der Waals surface area (Å²) in [5.41, 5.74) is 7.88. The Morgan fingerprint density at radius 3 is 3.00 bits per heavy atom. The number of rotatable bonds is 0. The van der Waals surface area contributed by atoms with Gasteiger partial charge >= 0.3 is 0 Å². The van der Waals surface area contributed by atoms with Gasteiger partial charge in [-0.25, -0.2) is 0 Å². The lowest BCUT2D eigenvalue weighted by Gasteiger charge is -2.11. The zero-order chi connectivity index (χ0) is 5.11. The van der Waals surface area contributed by atoms with E-state index in [0.29, 0.717) is 6.61 Å². The summed E-state index contributed by atoms with van der Waals surface area (Å²) in [5, 5.41) is 0. The highest BCUT2D eigenvalue weighted by Crippen LogP contribution is 1.84. The second-order valence-corrected chi connectivity index (χ2v) is 1.38. The number of hydrogen-bond acceptors (Lipinski definition) is 3. The van der Waals surface area contributed by atoms with Gasteiger partial charge in [0, 0.05) is 0 Å². The van der Waals surface area contributed by atoms with Crippen molar-refractivity contribution in [2.45, 2.75) is 6.17 Å². The molecule has 1 atom stereocenters. The monoisotopic (exact) mass is 100 g/mol. The number of hydroxylamine groups is 1. The van der Waals surface area contributed by atoms with E-state index in [1.54, 1.807) is 0 Å². The molecule has 1 rings (SSSR count). The van der Waals surface area contributed by atoms with Gasteiger partial charge in [0.1, 0.15) is 0 Å². The van der Waals surface area contributed by atoms with Gasteiger partial charge in [-0.2, -0.15) is 5.48 Å². The summed E-state index contributed by atoms with van der Waals surface area (Å²) in [6, 6.07) is 0. The van der Waals surface area contributed by atoms with E-state index in [2.05, 4.69) is 5.48 Å². The van der Waals surface area contributed by atoms with Crippen molar-refractivity contribution in [1.29, 1.82) is 0 Å². The summed E-state index contributed by atoms with van der Waals surface area (Å²) in [7, 11) is 0. The van der Waals surface area contributed by atoms with Gasteiger partial charge in [0.2, 0.25) is 0 Å². The molecule has 0 aromatic rings. The van der Waals surface area contributed by atoms with Crippen molar-refractivity contribution in [3.63, 3.8) is 0 Å². The highest BCUT2D eigenvalue weighted by molar-refractivity contribution is 4.90. The fraction of sp³-hybridized carbons (Fsp3) is 0.500.